The molecular weight excluding hydrogens is 154 g/mol. The van der Waals surface area contributed by atoms with E-state index in [0.29, 0.717) is 19.0 Å². The summed E-state index contributed by atoms with van der Waals surface area (Å²) in [6.45, 7) is 3.49. The monoisotopic (exact) mass is 173 g/mol. The molecule has 0 saturated carbocycles. The van der Waals surface area contributed by atoms with Crippen LogP contribution in [0.1, 0.15) is 19.8 Å². The fraction of sp³-hybridized carbons (Fsp3) is 0.875. The molecule has 12 heavy (non-hydrogen) atoms. The van der Waals surface area contributed by atoms with Gasteiger partial charge in [-0.05, 0) is 26.9 Å². The van der Waals surface area contributed by atoms with Crippen molar-refractivity contribution in [2.24, 2.45) is 11.5 Å². The molecule has 1 amide bonds. The molecule has 0 aromatic rings. The molecule has 0 saturated heterocycles. The molecule has 0 rings (SSSR count). The largest absolute Gasteiger partial charge is 0.370 e. The number of nitrogens with zero attached hydrogens (tertiary/aromatic N) is 1. The van der Waals surface area contributed by atoms with Gasteiger partial charge in [0.15, 0.2) is 0 Å². The third-order valence-corrected chi connectivity index (χ3v) is 2.05. The Morgan fingerprint density at radius 1 is 1.58 bits per heavy atom. The average Bonchev–Trinajstić information content (AvgIpc) is 2.00. The summed E-state index contributed by atoms with van der Waals surface area (Å²) in [5.41, 5.74) is 10.4. The van der Waals surface area contributed by atoms with E-state index >= 15 is 0 Å². The van der Waals surface area contributed by atoms with E-state index < -0.39 is 0 Å². The van der Waals surface area contributed by atoms with Gasteiger partial charge in [-0.2, -0.15) is 0 Å². The Balaban J connectivity index is 3.55. The molecule has 72 valence electrons. The molecule has 0 spiro atoms. The highest BCUT2D eigenvalue weighted by Gasteiger charge is 2.08. The van der Waals surface area contributed by atoms with Crippen LogP contribution in [0.5, 0.6) is 0 Å². The van der Waals surface area contributed by atoms with Gasteiger partial charge >= 0.3 is 0 Å². The van der Waals surface area contributed by atoms with Gasteiger partial charge in [0, 0.05) is 19.0 Å². The molecule has 0 aromatic carbocycles. The third kappa shape index (κ3) is 5.09. The first-order valence-corrected chi connectivity index (χ1v) is 4.26. The van der Waals surface area contributed by atoms with Crippen molar-refractivity contribution >= 4 is 5.91 Å². The smallest absolute Gasteiger partial charge is 0.218 e. The van der Waals surface area contributed by atoms with Gasteiger partial charge in [0.2, 0.25) is 5.91 Å². The lowest BCUT2D eigenvalue weighted by molar-refractivity contribution is -0.118. The molecule has 0 heterocycles. The number of amides is 1. The molecule has 0 bridgehead atoms. The van der Waals surface area contributed by atoms with Crippen LogP contribution in [0.15, 0.2) is 0 Å². The molecule has 0 aliphatic heterocycles. The summed E-state index contributed by atoms with van der Waals surface area (Å²) in [6.07, 6.45) is 1.38. The van der Waals surface area contributed by atoms with Crippen LogP contribution in [0.25, 0.3) is 0 Å². The van der Waals surface area contributed by atoms with Crippen LogP contribution in [0.2, 0.25) is 0 Å². The van der Waals surface area contributed by atoms with Gasteiger partial charge in [0.05, 0.1) is 0 Å². The van der Waals surface area contributed by atoms with Crippen LogP contribution in [-0.4, -0.2) is 37.0 Å². The summed E-state index contributed by atoms with van der Waals surface area (Å²) < 4.78 is 0. The van der Waals surface area contributed by atoms with Crippen LogP contribution in [0.3, 0.4) is 0 Å². The lowest BCUT2D eigenvalue weighted by atomic mass is 10.2. The van der Waals surface area contributed by atoms with E-state index in [1.54, 1.807) is 0 Å². The standard InChI is InChI=1S/C8H19N3O/c1-7(3-5-9)11(2)6-4-8(10)12/h7H,3-6,9H2,1-2H3,(H2,10,12). The molecule has 0 radical (unpaired) electrons. The second-order valence-electron chi connectivity index (χ2n) is 3.12. The highest BCUT2D eigenvalue weighted by Crippen LogP contribution is 1.99. The van der Waals surface area contributed by atoms with Crippen molar-refractivity contribution in [2.75, 3.05) is 20.1 Å². The van der Waals surface area contributed by atoms with Gasteiger partial charge in [-0.3, -0.25) is 4.79 Å². The highest BCUT2D eigenvalue weighted by molar-refractivity contribution is 5.73. The molecule has 4 heteroatoms. The van der Waals surface area contributed by atoms with E-state index in [9.17, 15) is 4.79 Å². The van der Waals surface area contributed by atoms with E-state index in [2.05, 4.69) is 11.8 Å². The average molecular weight is 173 g/mol. The summed E-state index contributed by atoms with van der Waals surface area (Å²) in [5.74, 6) is -0.248. The second-order valence-corrected chi connectivity index (χ2v) is 3.12. The van der Waals surface area contributed by atoms with Gasteiger partial charge < -0.3 is 16.4 Å². The van der Waals surface area contributed by atoms with Gasteiger partial charge in [0.1, 0.15) is 0 Å². The molecule has 0 aliphatic carbocycles. The van der Waals surface area contributed by atoms with Gasteiger partial charge in [-0.1, -0.05) is 0 Å². The van der Waals surface area contributed by atoms with Crippen LogP contribution < -0.4 is 11.5 Å². The number of hydrogen-bond acceptors (Lipinski definition) is 3. The first-order valence-electron chi connectivity index (χ1n) is 4.26. The zero-order valence-electron chi connectivity index (χ0n) is 7.92. The maximum atomic E-state index is 10.5. The van der Waals surface area contributed by atoms with Gasteiger partial charge in [-0.15, -0.1) is 0 Å². The predicted octanol–water partition coefficient (Wildman–Crippen LogP) is -0.469. The topological polar surface area (TPSA) is 72.3 Å². The molecule has 1 unspecified atom stereocenters. The van der Waals surface area contributed by atoms with Crippen LogP contribution in [0.4, 0.5) is 0 Å². The Labute approximate surface area is 73.9 Å². The molecule has 4 N–H and O–H groups in total. The Morgan fingerprint density at radius 2 is 2.17 bits per heavy atom. The molecule has 1 atom stereocenters. The van der Waals surface area contributed by atoms with Crippen molar-refractivity contribution in [3.8, 4) is 0 Å². The first-order chi connectivity index (χ1) is 5.57. The molecule has 0 aromatic heterocycles. The molecule has 0 aliphatic rings. The minimum absolute atomic E-state index is 0.248. The number of hydrogen-bond donors (Lipinski definition) is 2. The summed E-state index contributed by atoms with van der Waals surface area (Å²) in [4.78, 5) is 12.5. The quantitative estimate of drug-likeness (QED) is 0.570. The van der Waals surface area contributed by atoms with Crippen LogP contribution >= 0.6 is 0 Å². The lowest BCUT2D eigenvalue weighted by Crippen LogP contribution is -2.33. The second kappa shape index (κ2) is 5.97. The van der Waals surface area contributed by atoms with Crippen molar-refractivity contribution in [3.05, 3.63) is 0 Å². The summed E-state index contributed by atoms with van der Waals surface area (Å²) in [5, 5.41) is 0. The first kappa shape index (κ1) is 11.4. The number of carbonyl (C=O) groups excluding carboxylic acids is 1. The Bertz CT molecular complexity index is 138. The Morgan fingerprint density at radius 3 is 2.58 bits per heavy atom. The van der Waals surface area contributed by atoms with Crippen LogP contribution in [0, 0.1) is 0 Å². The van der Waals surface area contributed by atoms with Gasteiger partial charge in [-0.25, -0.2) is 0 Å². The summed E-state index contributed by atoms with van der Waals surface area (Å²) in [7, 11) is 1.98. The lowest BCUT2D eigenvalue weighted by Gasteiger charge is -2.23. The Hall–Kier alpha value is -0.610. The zero-order chi connectivity index (χ0) is 9.56. The summed E-state index contributed by atoms with van der Waals surface area (Å²) >= 11 is 0. The van der Waals surface area contributed by atoms with E-state index in [1.807, 2.05) is 7.05 Å². The number of rotatable bonds is 6. The molecule has 0 fully saturated rings. The maximum Gasteiger partial charge on any atom is 0.218 e. The zero-order valence-corrected chi connectivity index (χ0v) is 7.92. The van der Waals surface area contributed by atoms with Crippen molar-refractivity contribution in [1.82, 2.24) is 4.90 Å². The van der Waals surface area contributed by atoms with E-state index in [1.165, 1.54) is 0 Å². The van der Waals surface area contributed by atoms with Crippen molar-refractivity contribution in [1.29, 1.82) is 0 Å². The molecular formula is C8H19N3O. The maximum absolute atomic E-state index is 10.5. The van der Waals surface area contributed by atoms with Crippen LogP contribution in [-0.2, 0) is 4.79 Å². The minimum atomic E-state index is -0.248. The van der Waals surface area contributed by atoms with E-state index in [0.717, 1.165) is 13.0 Å². The van der Waals surface area contributed by atoms with Crippen molar-refractivity contribution in [2.45, 2.75) is 25.8 Å². The van der Waals surface area contributed by atoms with Crippen molar-refractivity contribution < 1.29 is 4.79 Å². The Kier molecular flexibility index (Phi) is 5.66. The third-order valence-electron chi connectivity index (χ3n) is 2.05. The minimum Gasteiger partial charge on any atom is -0.370 e. The fourth-order valence-corrected chi connectivity index (χ4v) is 0.969. The highest BCUT2D eigenvalue weighted by atomic mass is 16.1. The fourth-order valence-electron chi connectivity index (χ4n) is 0.969. The van der Waals surface area contributed by atoms with Gasteiger partial charge in [0.25, 0.3) is 0 Å². The number of primary amides is 1. The van der Waals surface area contributed by atoms with Crippen molar-refractivity contribution in [3.63, 3.8) is 0 Å². The van der Waals surface area contributed by atoms with E-state index in [-0.39, 0.29) is 5.91 Å². The molecule has 4 nitrogen and oxygen atoms in total. The summed E-state index contributed by atoms with van der Waals surface area (Å²) in [6, 6.07) is 0.425. The SMILES string of the molecule is CC(CCN)N(C)CCC(N)=O. The normalized spacial score (nSPS) is 13.3. The predicted molar refractivity (Wildman–Crippen MR) is 49.6 cm³/mol. The van der Waals surface area contributed by atoms with E-state index in [4.69, 9.17) is 11.5 Å². The number of nitrogens with two attached hydrogens (primary N) is 2. The number of carbonyl (C=O) groups is 1.